The highest BCUT2D eigenvalue weighted by atomic mass is 79.9. The number of aryl methyl sites for hydroxylation is 1. The van der Waals surface area contributed by atoms with Crippen molar-refractivity contribution in [3.63, 3.8) is 0 Å². The molecule has 20 heavy (non-hydrogen) atoms. The van der Waals surface area contributed by atoms with Crippen molar-refractivity contribution in [2.24, 2.45) is 5.41 Å². The molecule has 0 atom stereocenters. The fraction of sp³-hybridized carbons (Fsp3) is 0.533. The summed E-state index contributed by atoms with van der Waals surface area (Å²) in [5.74, 6) is 0.290. The Labute approximate surface area is 126 Å². The molecule has 1 saturated heterocycles. The summed E-state index contributed by atoms with van der Waals surface area (Å²) in [5, 5.41) is 0. The molecule has 4 nitrogen and oxygen atoms in total. The molecule has 106 valence electrons. The summed E-state index contributed by atoms with van der Waals surface area (Å²) in [7, 11) is 0. The lowest BCUT2D eigenvalue weighted by molar-refractivity contribution is -0.133. The van der Waals surface area contributed by atoms with Crippen LogP contribution < -0.4 is 4.90 Å². The molecule has 0 radical (unpaired) electrons. The molecule has 2 fully saturated rings. The number of nitrogens with zero attached hydrogens (tertiary/aromatic N) is 2. The number of hydrogen-bond acceptors (Lipinski definition) is 3. The Morgan fingerprint density at radius 1 is 1.20 bits per heavy atom. The SMILES string of the molecule is Cc1cc(Br)cnc1N1C(=O)CC2(CCCC2)CC1=O. The van der Waals surface area contributed by atoms with Crippen molar-refractivity contribution >= 4 is 33.6 Å². The van der Waals surface area contributed by atoms with Crippen LogP contribution in [0.2, 0.25) is 0 Å². The van der Waals surface area contributed by atoms with Gasteiger partial charge in [-0.25, -0.2) is 9.88 Å². The Morgan fingerprint density at radius 2 is 1.80 bits per heavy atom. The van der Waals surface area contributed by atoms with Gasteiger partial charge in [0.05, 0.1) is 0 Å². The van der Waals surface area contributed by atoms with Gasteiger partial charge in [0.2, 0.25) is 11.8 Å². The Morgan fingerprint density at radius 3 is 2.35 bits per heavy atom. The molecule has 2 amide bonds. The molecule has 1 spiro atoms. The number of rotatable bonds is 1. The highest BCUT2D eigenvalue weighted by Crippen LogP contribution is 2.47. The second-order valence-corrected chi connectivity index (χ2v) is 6.89. The molecular formula is C15H17BrN2O2. The maximum Gasteiger partial charge on any atom is 0.235 e. The average Bonchev–Trinajstić information content (AvgIpc) is 2.79. The van der Waals surface area contributed by atoms with Crippen molar-refractivity contribution in [2.75, 3.05) is 4.90 Å². The van der Waals surface area contributed by atoms with E-state index < -0.39 is 0 Å². The minimum Gasteiger partial charge on any atom is -0.274 e. The van der Waals surface area contributed by atoms with E-state index in [4.69, 9.17) is 0 Å². The Hall–Kier alpha value is -1.23. The molecule has 0 N–H and O–H groups in total. The van der Waals surface area contributed by atoms with Crippen LogP contribution in [0.3, 0.4) is 0 Å². The number of pyridine rings is 1. The smallest absolute Gasteiger partial charge is 0.235 e. The van der Waals surface area contributed by atoms with Crippen molar-refractivity contribution in [1.82, 2.24) is 4.98 Å². The minimum absolute atomic E-state index is 0.0616. The molecular weight excluding hydrogens is 320 g/mol. The quantitative estimate of drug-likeness (QED) is 0.739. The molecule has 3 rings (SSSR count). The van der Waals surface area contributed by atoms with Crippen LogP contribution in [0.15, 0.2) is 16.7 Å². The normalized spacial score (nSPS) is 21.8. The van der Waals surface area contributed by atoms with Crippen molar-refractivity contribution in [3.8, 4) is 0 Å². The number of hydrogen-bond donors (Lipinski definition) is 0. The lowest BCUT2D eigenvalue weighted by atomic mass is 9.76. The van der Waals surface area contributed by atoms with Crippen LogP contribution >= 0.6 is 15.9 Å². The molecule has 1 aliphatic carbocycles. The van der Waals surface area contributed by atoms with E-state index in [1.807, 2.05) is 13.0 Å². The van der Waals surface area contributed by atoms with E-state index in [0.29, 0.717) is 18.7 Å². The average molecular weight is 337 g/mol. The first-order valence-corrected chi connectivity index (χ1v) is 7.78. The number of carbonyl (C=O) groups is 2. The van der Waals surface area contributed by atoms with Gasteiger partial charge in [-0.1, -0.05) is 12.8 Å². The van der Waals surface area contributed by atoms with Crippen LogP contribution in [0.25, 0.3) is 0 Å². The standard InChI is InChI=1S/C15H17BrN2O2/c1-10-6-11(16)9-17-14(10)18-12(19)7-15(8-13(18)20)4-2-3-5-15/h6,9H,2-5,7-8H2,1H3. The molecule has 2 heterocycles. The highest BCUT2D eigenvalue weighted by molar-refractivity contribution is 9.10. The first kappa shape index (κ1) is 13.7. The van der Waals surface area contributed by atoms with Crippen LogP contribution in [-0.4, -0.2) is 16.8 Å². The van der Waals surface area contributed by atoms with E-state index >= 15 is 0 Å². The van der Waals surface area contributed by atoms with E-state index in [1.165, 1.54) is 4.90 Å². The number of halogens is 1. The van der Waals surface area contributed by atoms with Gasteiger partial charge < -0.3 is 0 Å². The zero-order valence-electron chi connectivity index (χ0n) is 11.5. The molecule has 1 aromatic heterocycles. The van der Waals surface area contributed by atoms with Crippen LogP contribution in [0.5, 0.6) is 0 Å². The summed E-state index contributed by atoms with van der Waals surface area (Å²) in [6.07, 6.45) is 6.87. The predicted molar refractivity (Wildman–Crippen MR) is 79.3 cm³/mol. The lowest BCUT2D eigenvalue weighted by Crippen LogP contribution is -2.48. The maximum absolute atomic E-state index is 12.5. The Balaban J connectivity index is 1.91. The summed E-state index contributed by atoms with van der Waals surface area (Å²) < 4.78 is 0.850. The highest BCUT2D eigenvalue weighted by Gasteiger charge is 2.46. The third-order valence-electron chi connectivity index (χ3n) is 4.44. The zero-order chi connectivity index (χ0) is 14.3. The first-order chi connectivity index (χ1) is 9.51. The summed E-state index contributed by atoms with van der Waals surface area (Å²) in [6, 6.07) is 1.88. The molecule has 5 heteroatoms. The molecule has 0 aromatic carbocycles. The van der Waals surface area contributed by atoms with E-state index in [1.54, 1.807) is 6.20 Å². The number of piperidine rings is 1. The molecule has 2 aliphatic rings. The molecule has 0 bridgehead atoms. The van der Waals surface area contributed by atoms with Crippen LogP contribution in [-0.2, 0) is 9.59 Å². The van der Waals surface area contributed by atoms with Gasteiger partial charge >= 0.3 is 0 Å². The van der Waals surface area contributed by atoms with Gasteiger partial charge in [-0.2, -0.15) is 0 Å². The number of aromatic nitrogens is 1. The Bertz CT molecular complexity index is 559. The minimum atomic E-state index is -0.0962. The van der Waals surface area contributed by atoms with Crippen LogP contribution in [0.1, 0.15) is 44.1 Å². The lowest BCUT2D eigenvalue weighted by Gasteiger charge is -2.37. The first-order valence-electron chi connectivity index (χ1n) is 6.99. The second-order valence-electron chi connectivity index (χ2n) is 5.98. The molecule has 1 aliphatic heterocycles. The molecule has 1 saturated carbocycles. The van der Waals surface area contributed by atoms with Crippen molar-refractivity contribution in [1.29, 1.82) is 0 Å². The van der Waals surface area contributed by atoms with Gasteiger partial charge in [-0.3, -0.25) is 9.59 Å². The number of anilines is 1. The number of carbonyl (C=O) groups excluding carboxylic acids is 2. The van der Waals surface area contributed by atoms with Gasteiger partial charge in [-0.15, -0.1) is 0 Å². The number of amides is 2. The maximum atomic E-state index is 12.5. The second kappa shape index (κ2) is 4.95. The predicted octanol–water partition coefficient (Wildman–Crippen LogP) is 3.37. The fourth-order valence-corrected chi connectivity index (χ4v) is 3.93. The fourth-order valence-electron chi connectivity index (χ4n) is 3.48. The van der Waals surface area contributed by atoms with Gasteiger partial charge in [0.25, 0.3) is 0 Å². The van der Waals surface area contributed by atoms with Crippen LogP contribution in [0, 0.1) is 12.3 Å². The third kappa shape index (κ3) is 2.28. The van der Waals surface area contributed by atoms with Gasteiger partial charge in [0.1, 0.15) is 5.82 Å². The number of imide groups is 1. The van der Waals surface area contributed by atoms with E-state index in [0.717, 1.165) is 35.7 Å². The van der Waals surface area contributed by atoms with E-state index in [2.05, 4.69) is 20.9 Å². The molecule has 0 unspecified atom stereocenters. The van der Waals surface area contributed by atoms with Crippen molar-refractivity contribution in [2.45, 2.75) is 45.4 Å². The summed E-state index contributed by atoms with van der Waals surface area (Å²) >= 11 is 3.35. The summed E-state index contributed by atoms with van der Waals surface area (Å²) in [4.78, 5) is 30.5. The summed E-state index contributed by atoms with van der Waals surface area (Å²) in [5.41, 5.74) is 0.775. The van der Waals surface area contributed by atoms with Gasteiger partial charge in [0.15, 0.2) is 0 Å². The largest absolute Gasteiger partial charge is 0.274 e. The van der Waals surface area contributed by atoms with Gasteiger partial charge in [-0.05, 0) is 52.7 Å². The van der Waals surface area contributed by atoms with Crippen molar-refractivity contribution < 1.29 is 9.59 Å². The topological polar surface area (TPSA) is 50.3 Å². The van der Waals surface area contributed by atoms with Crippen LogP contribution in [0.4, 0.5) is 5.82 Å². The van der Waals surface area contributed by atoms with E-state index in [9.17, 15) is 9.59 Å². The third-order valence-corrected chi connectivity index (χ3v) is 4.88. The zero-order valence-corrected chi connectivity index (χ0v) is 13.1. The van der Waals surface area contributed by atoms with Crippen molar-refractivity contribution in [3.05, 3.63) is 22.3 Å². The Kier molecular flexibility index (Phi) is 3.40. The molecule has 1 aromatic rings. The summed E-state index contributed by atoms with van der Waals surface area (Å²) in [6.45, 7) is 1.87. The van der Waals surface area contributed by atoms with E-state index in [-0.39, 0.29) is 17.2 Å². The monoisotopic (exact) mass is 336 g/mol. The van der Waals surface area contributed by atoms with Gasteiger partial charge in [0, 0.05) is 23.5 Å².